The van der Waals surface area contributed by atoms with Gasteiger partial charge in [0.15, 0.2) is 11.6 Å². The number of phenolic OH excluding ortho intramolecular Hbond substituents is 1. The predicted molar refractivity (Wildman–Crippen MR) is 118 cm³/mol. The molecule has 0 aliphatic carbocycles. The first kappa shape index (κ1) is 22.1. The van der Waals surface area contributed by atoms with Crippen molar-refractivity contribution < 1.29 is 19.0 Å². The Kier molecular flexibility index (Phi) is 6.24. The van der Waals surface area contributed by atoms with Gasteiger partial charge in [-0.1, -0.05) is 35.9 Å². The van der Waals surface area contributed by atoms with Crippen LogP contribution < -0.4 is 0 Å². The van der Waals surface area contributed by atoms with Crippen LogP contribution in [0.1, 0.15) is 29.5 Å². The van der Waals surface area contributed by atoms with E-state index in [4.69, 9.17) is 16.3 Å². The molecule has 1 N–H and O–H groups in total. The van der Waals surface area contributed by atoms with Crippen molar-refractivity contribution in [2.24, 2.45) is 5.92 Å². The van der Waals surface area contributed by atoms with E-state index < -0.39 is 17.5 Å². The van der Waals surface area contributed by atoms with E-state index in [1.807, 2.05) is 6.07 Å². The number of likely N-dealkylation sites (tertiary alicyclic amines) is 1. The molecule has 0 aromatic heterocycles. The minimum Gasteiger partial charge on any atom is -0.505 e. The van der Waals surface area contributed by atoms with Crippen LogP contribution in [0.25, 0.3) is 0 Å². The van der Waals surface area contributed by atoms with Crippen molar-refractivity contribution in [3.8, 4) is 5.75 Å². The van der Waals surface area contributed by atoms with Gasteiger partial charge < -0.3 is 19.6 Å². The molecule has 2 aliphatic rings. The first-order chi connectivity index (χ1) is 14.8. The zero-order valence-electron chi connectivity index (χ0n) is 17.9. The molecule has 1 unspecified atom stereocenters. The van der Waals surface area contributed by atoms with E-state index in [1.54, 1.807) is 14.1 Å². The summed E-state index contributed by atoms with van der Waals surface area (Å²) in [5.74, 6) is -1.75. The van der Waals surface area contributed by atoms with E-state index in [1.165, 1.54) is 28.2 Å². The molecular weight excluding hydrogens is 419 g/mol. The number of aromatic hydroxyl groups is 1. The molecule has 2 aliphatic heterocycles. The van der Waals surface area contributed by atoms with Crippen LogP contribution in [0.15, 0.2) is 36.4 Å². The summed E-state index contributed by atoms with van der Waals surface area (Å²) < 4.78 is 20.8. The number of piperidine rings is 1. The molecule has 7 heteroatoms. The highest BCUT2D eigenvalue weighted by Gasteiger charge is 2.42. The highest BCUT2D eigenvalue weighted by atomic mass is 35.5. The van der Waals surface area contributed by atoms with Gasteiger partial charge in [-0.15, -0.1) is 0 Å². The Morgan fingerprint density at radius 3 is 2.68 bits per heavy atom. The molecule has 1 atom stereocenters. The Morgan fingerprint density at radius 1 is 1.26 bits per heavy atom. The maximum Gasteiger partial charge on any atom is 0.226 e. The van der Waals surface area contributed by atoms with Crippen LogP contribution in [0.3, 0.4) is 0 Å². The van der Waals surface area contributed by atoms with Gasteiger partial charge in [-0.2, -0.15) is 0 Å². The third-order valence-electron chi connectivity index (χ3n) is 6.56. The van der Waals surface area contributed by atoms with Gasteiger partial charge in [0.25, 0.3) is 0 Å². The SMILES string of the molecule is CN(C)C(=O)C(Cc1c(Cl)ccc(O)c1F)CN1CCC2(CC1)OCc1ccccc12. The summed E-state index contributed by atoms with van der Waals surface area (Å²) in [5, 5.41) is 9.97. The predicted octanol–water partition coefficient (Wildman–Crippen LogP) is 3.95. The summed E-state index contributed by atoms with van der Waals surface area (Å²) in [6.45, 7) is 2.73. The summed E-state index contributed by atoms with van der Waals surface area (Å²) in [4.78, 5) is 16.7. The normalized spacial score (nSPS) is 18.7. The molecule has 31 heavy (non-hydrogen) atoms. The number of halogens is 2. The van der Waals surface area contributed by atoms with Gasteiger partial charge in [0.05, 0.1) is 18.1 Å². The quantitative estimate of drug-likeness (QED) is 0.755. The van der Waals surface area contributed by atoms with E-state index in [9.17, 15) is 14.3 Å². The van der Waals surface area contributed by atoms with Crippen molar-refractivity contribution in [1.82, 2.24) is 9.80 Å². The number of fused-ring (bicyclic) bond motifs is 2. The summed E-state index contributed by atoms with van der Waals surface area (Å²) >= 11 is 6.20. The minimum atomic E-state index is -0.752. The van der Waals surface area contributed by atoms with Crippen molar-refractivity contribution in [2.75, 3.05) is 33.7 Å². The molecule has 2 heterocycles. The topological polar surface area (TPSA) is 53.0 Å². The van der Waals surface area contributed by atoms with Crippen molar-refractivity contribution in [1.29, 1.82) is 0 Å². The first-order valence-electron chi connectivity index (χ1n) is 10.6. The van der Waals surface area contributed by atoms with Gasteiger partial charge >= 0.3 is 0 Å². The smallest absolute Gasteiger partial charge is 0.226 e. The fraction of sp³-hybridized carbons (Fsp3) is 0.458. The zero-order valence-corrected chi connectivity index (χ0v) is 18.7. The van der Waals surface area contributed by atoms with Crippen molar-refractivity contribution >= 4 is 17.5 Å². The van der Waals surface area contributed by atoms with E-state index in [0.717, 1.165) is 25.9 Å². The van der Waals surface area contributed by atoms with Gasteiger partial charge in [0.2, 0.25) is 5.91 Å². The number of hydrogen-bond acceptors (Lipinski definition) is 4. The Labute approximate surface area is 187 Å². The van der Waals surface area contributed by atoms with Gasteiger partial charge in [0, 0.05) is 44.3 Å². The van der Waals surface area contributed by atoms with E-state index in [2.05, 4.69) is 23.1 Å². The number of hydrogen-bond donors (Lipinski definition) is 1. The van der Waals surface area contributed by atoms with Crippen molar-refractivity contribution in [3.05, 3.63) is 63.9 Å². The van der Waals surface area contributed by atoms with E-state index >= 15 is 0 Å². The van der Waals surface area contributed by atoms with Crippen molar-refractivity contribution in [2.45, 2.75) is 31.5 Å². The maximum absolute atomic E-state index is 14.5. The number of carbonyl (C=O) groups is 1. The fourth-order valence-corrected chi connectivity index (χ4v) is 5.04. The fourth-order valence-electron chi connectivity index (χ4n) is 4.82. The van der Waals surface area contributed by atoms with Gasteiger partial charge in [-0.3, -0.25) is 4.79 Å². The molecule has 1 amide bonds. The minimum absolute atomic E-state index is 0.0819. The molecule has 4 rings (SSSR count). The first-order valence-corrected chi connectivity index (χ1v) is 11.0. The molecule has 1 spiro atoms. The average molecular weight is 447 g/mol. The van der Waals surface area contributed by atoms with Crippen LogP contribution in [-0.2, 0) is 28.2 Å². The second-order valence-corrected chi connectivity index (χ2v) is 9.14. The highest BCUT2D eigenvalue weighted by Crippen LogP contribution is 2.44. The molecule has 1 fully saturated rings. The van der Waals surface area contributed by atoms with Gasteiger partial charge in [-0.25, -0.2) is 4.39 Å². The van der Waals surface area contributed by atoms with Crippen molar-refractivity contribution in [3.63, 3.8) is 0 Å². The molecule has 0 bridgehead atoms. The summed E-state index contributed by atoms with van der Waals surface area (Å²) in [6.07, 6.45) is 1.85. The Hall–Kier alpha value is -2.15. The monoisotopic (exact) mass is 446 g/mol. The van der Waals surface area contributed by atoms with Crippen LogP contribution in [0.5, 0.6) is 5.75 Å². The number of amides is 1. The second kappa shape index (κ2) is 8.77. The van der Waals surface area contributed by atoms with E-state index in [0.29, 0.717) is 13.2 Å². The number of benzene rings is 2. The lowest BCUT2D eigenvalue weighted by Crippen LogP contribution is -2.46. The van der Waals surface area contributed by atoms with Crippen LogP contribution in [0.2, 0.25) is 5.02 Å². The average Bonchev–Trinajstić information content (AvgIpc) is 3.12. The molecule has 2 aromatic rings. The molecule has 5 nitrogen and oxygen atoms in total. The number of rotatable bonds is 5. The molecular formula is C24H28ClFN2O3. The number of carbonyl (C=O) groups excluding carboxylic acids is 1. The summed E-state index contributed by atoms with van der Waals surface area (Å²) in [7, 11) is 3.40. The van der Waals surface area contributed by atoms with Crippen LogP contribution in [-0.4, -0.2) is 54.5 Å². The van der Waals surface area contributed by atoms with E-state index in [-0.39, 0.29) is 28.5 Å². The number of nitrogens with zero attached hydrogens (tertiary/aromatic N) is 2. The summed E-state index contributed by atoms with van der Waals surface area (Å²) in [5.41, 5.74) is 2.48. The molecule has 0 saturated carbocycles. The Bertz CT molecular complexity index is 973. The molecule has 0 radical (unpaired) electrons. The lowest BCUT2D eigenvalue weighted by atomic mass is 9.83. The zero-order chi connectivity index (χ0) is 22.2. The summed E-state index contributed by atoms with van der Waals surface area (Å²) in [6, 6.07) is 11.1. The Morgan fingerprint density at radius 2 is 1.97 bits per heavy atom. The largest absolute Gasteiger partial charge is 0.505 e. The second-order valence-electron chi connectivity index (χ2n) is 8.73. The van der Waals surface area contributed by atoms with Gasteiger partial charge in [0.1, 0.15) is 0 Å². The maximum atomic E-state index is 14.5. The van der Waals surface area contributed by atoms with Crippen LogP contribution in [0, 0.1) is 11.7 Å². The van der Waals surface area contributed by atoms with Crippen LogP contribution >= 0.6 is 11.6 Å². The lowest BCUT2D eigenvalue weighted by molar-refractivity contribution is -0.134. The highest BCUT2D eigenvalue weighted by molar-refractivity contribution is 6.31. The number of phenols is 1. The molecule has 1 saturated heterocycles. The molecule has 2 aromatic carbocycles. The standard InChI is InChI=1S/C24H28ClFN2O3/c1-27(2)23(30)17(13-18-20(25)7-8-21(29)22(18)26)14-28-11-9-24(10-12-28)19-6-4-3-5-16(19)15-31-24/h3-8,17,29H,9-15H2,1-2H3. The molecule has 166 valence electrons. The third kappa shape index (κ3) is 4.29. The van der Waals surface area contributed by atoms with Crippen LogP contribution in [0.4, 0.5) is 4.39 Å². The Balaban J connectivity index is 1.48. The number of ether oxygens (including phenoxy) is 1. The van der Waals surface area contributed by atoms with Gasteiger partial charge in [-0.05, 0) is 42.5 Å². The third-order valence-corrected chi connectivity index (χ3v) is 6.91. The lowest BCUT2D eigenvalue weighted by Gasteiger charge is -2.40.